The summed E-state index contributed by atoms with van der Waals surface area (Å²) in [5.41, 5.74) is 4.05. The number of carbonyl (C=O) groups is 3. The average molecular weight is 668 g/mol. The maximum absolute atomic E-state index is 14.4. The van der Waals surface area contributed by atoms with Crippen molar-refractivity contribution in [3.8, 4) is 17.1 Å². The van der Waals surface area contributed by atoms with E-state index in [1.54, 1.807) is 31.1 Å². The van der Waals surface area contributed by atoms with Crippen LogP contribution in [0.1, 0.15) is 28.1 Å². The minimum Gasteiger partial charge on any atom is -0.508 e. The van der Waals surface area contributed by atoms with Crippen molar-refractivity contribution in [1.82, 2.24) is 14.7 Å². The Hall–Kier alpha value is -3.79. The number of hydrogen-bond acceptors (Lipinski definition) is 13. The van der Waals surface area contributed by atoms with Gasteiger partial charge in [0.1, 0.15) is 28.9 Å². The fourth-order valence-corrected chi connectivity index (χ4v) is 8.38. The molecule has 1 aliphatic heterocycles. The molecule has 2 aromatic rings. The number of fused-ring (bicyclic) bond motifs is 3. The maximum Gasteiger partial charge on any atom is 0.230 e. The van der Waals surface area contributed by atoms with Gasteiger partial charge in [-0.3, -0.25) is 24.2 Å². The lowest BCUT2D eigenvalue weighted by Crippen LogP contribution is -2.71. The molecule has 3 aliphatic carbocycles. The number of amides is 1. The molecular formula is C34H45N5O9. The van der Waals surface area contributed by atoms with Crippen LogP contribution in [0.15, 0.2) is 33.9 Å². The second-order valence-corrected chi connectivity index (χ2v) is 13.9. The molecule has 48 heavy (non-hydrogen) atoms. The number of furan rings is 1. The van der Waals surface area contributed by atoms with Crippen molar-refractivity contribution in [3.05, 3.63) is 46.4 Å². The Morgan fingerprint density at radius 3 is 2.35 bits per heavy atom. The second kappa shape index (κ2) is 12.6. The maximum atomic E-state index is 14.4. The molecule has 1 aromatic carbocycles. The Labute approximate surface area is 278 Å². The molecule has 1 saturated carbocycles. The molecule has 1 saturated heterocycles. The number of carbonyl (C=O) groups excluding carboxylic acids is 3. The molecule has 1 aromatic heterocycles. The number of primary amides is 1. The number of nitrogens with zero attached hydrogens (tertiary/aromatic N) is 4. The summed E-state index contributed by atoms with van der Waals surface area (Å²) in [6.07, 6.45) is -1.29. The SMILES string of the molecule is CN(C)c1cc(-c2ccc(CN3CCN(CCO)CC3)o2)c(O)c2c1C[C@H]1C[C@H]3[C@H](N(C)C)C(O)C(C(N)=O)C(=O)[C@@]3(O)C(O)=C1C2=O. The van der Waals surface area contributed by atoms with Crippen LogP contribution in [-0.2, 0) is 22.6 Å². The number of aromatic hydroxyl groups is 1. The largest absolute Gasteiger partial charge is 0.508 e. The third-order valence-electron chi connectivity index (χ3n) is 10.7. The highest BCUT2D eigenvalue weighted by Gasteiger charge is 2.66. The number of β-amino-alcohol motifs (C(OH)–C–C–N with tert-alkyl or cyclic N) is 1. The van der Waals surface area contributed by atoms with Gasteiger partial charge in [-0.2, -0.15) is 0 Å². The molecule has 4 aliphatic rings. The van der Waals surface area contributed by atoms with Crippen molar-refractivity contribution >= 4 is 23.2 Å². The van der Waals surface area contributed by atoms with Gasteiger partial charge in [0.15, 0.2) is 17.2 Å². The molecule has 260 valence electrons. The lowest BCUT2D eigenvalue weighted by Gasteiger charge is -2.53. The van der Waals surface area contributed by atoms with Gasteiger partial charge >= 0.3 is 0 Å². The van der Waals surface area contributed by atoms with E-state index >= 15 is 0 Å². The van der Waals surface area contributed by atoms with E-state index in [2.05, 4.69) is 9.80 Å². The van der Waals surface area contributed by atoms with Crippen molar-refractivity contribution in [2.24, 2.45) is 23.5 Å². The highest BCUT2D eigenvalue weighted by molar-refractivity contribution is 6.17. The second-order valence-electron chi connectivity index (χ2n) is 13.9. The van der Waals surface area contributed by atoms with Crippen LogP contribution in [0.25, 0.3) is 11.3 Å². The molecule has 6 atom stereocenters. The monoisotopic (exact) mass is 667 g/mol. The lowest BCUT2D eigenvalue weighted by atomic mass is 9.56. The topological polar surface area (TPSA) is 204 Å². The third-order valence-corrected chi connectivity index (χ3v) is 10.7. The predicted molar refractivity (Wildman–Crippen MR) is 174 cm³/mol. The van der Waals surface area contributed by atoms with Gasteiger partial charge in [0.25, 0.3) is 0 Å². The molecule has 14 nitrogen and oxygen atoms in total. The zero-order valence-corrected chi connectivity index (χ0v) is 27.7. The number of piperazine rings is 1. The number of allylic oxidation sites excluding steroid dienone is 1. The first-order valence-corrected chi connectivity index (χ1v) is 16.3. The number of rotatable bonds is 8. The highest BCUT2D eigenvalue weighted by Crippen LogP contribution is 2.54. The van der Waals surface area contributed by atoms with Crippen LogP contribution in [0.2, 0.25) is 0 Å². The third kappa shape index (κ3) is 5.31. The molecular weight excluding hydrogens is 622 g/mol. The first-order chi connectivity index (χ1) is 22.7. The van der Waals surface area contributed by atoms with E-state index in [9.17, 15) is 39.9 Å². The van der Waals surface area contributed by atoms with Gasteiger partial charge < -0.3 is 45.5 Å². The smallest absolute Gasteiger partial charge is 0.230 e. The number of ketones is 2. The summed E-state index contributed by atoms with van der Waals surface area (Å²) in [5, 5.41) is 55.6. The normalized spacial score (nSPS) is 29.5. The number of aliphatic hydroxyl groups excluding tert-OH is 3. The number of phenols is 1. The number of likely N-dealkylation sites (N-methyl/N-ethyl adjacent to an activating group) is 1. The summed E-state index contributed by atoms with van der Waals surface area (Å²) in [5.74, 6) is -6.75. The minimum absolute atomic E-state index is 0.0450. The van der Waals surface area contributed by atoms with E-state index in [0.29, 0.717) is 35.9 Å². The molecule has 0 bridgehead atoms. The summed E-state index contributed by atoms with van der Waals surface area (Å²) in [6, 6.07) is 4.38. The average Bonchev–Trinajstić information content (AvgIpc) is 3.47. The lowest BCUT2D eigenvalue weighted by molar-refractivity contribution is -0.178. The Morgan fingerprint density at radius 2 is 1.75 bits per heavy atom. The molecule has 2 unspecified atom stereocenters. The van der Waals surface area contributed by atoms with Crippen LogP contribution in [0.4, 0.5) is 5.69 Å². The van der Waals surface area contributed by atoms with Crippen molar-refractivity contribution in [3.63, 3.8) is 0 Å². The number of anilines is 1. The van der Waals surface area contributed by atoms with Gasteiger partial charge in [-0.05, 0) is 56.6 Å². The van der Waals surface area contributed by atoms with Crippen LogP contribution < -0.4 is 10.6 Å². The van der Waals surface area contributed by atoms with Crippen molar-refractivity contribution < 1.29 is 44.3 Å². The quantitative estimate of drug-likeness (QED) is 0.201. The standard InChI is InChI=1S/C34H45N5O9/c1-36(2)22-15-20(23-6-5-18(48-23)16-39-9-7-38(8-10-39)11-12-40)28(41)25-19(22)13-17-14-21-27(37(3)4)30(43)26(33(35)46)32(45)34(21,47)31(44)24(17)29(25)42/h5-6,15,17,21,26-27,30,40-41,43-44,47H,7-14,16H2,1-4H3,(H2,35,46)/t17-,21-,26?,27-,30?,34-/m0/s1. The molecule has 0 radical (unpaired) electrons. The number of nitrogens with two attached hydrogens (primary N) is 1. The molecule has 6 rings (SSSR count). The van der Waals surface area contributed by atoms with Crippen LogP contribution in [0.3, 0.4) is 0 Å². The van der Waals surface area contributed by atoms with Gasteiger partial charge in [0.05, 0.1) is 30.4 Å². The zero-order valence-electron chi connectivity index (χ0n) is 27.7. The highest BCUT2D eigenvalue weighted by atomic mass is 16.4. The van der Waals surface area contributed by atoms with E-state index in [4.69, 9.17) is 10.2 Å². The van der Waals surface area contributed by atoms with E-state index in [-0.39, 0.29) is 41.9 Å². The van der Waals surface area contributed by atoms with Gasteiger partial charge in [-0.1, -0.05) is 0 Å². The summed E-state index contributed by atoms with van der Waals surface area (Å²) >= 11 is 0. The Kier molecular flexibility index (Phi) is 8.94. The van der Waals surface area contributed by atoms with E-state index in [1.165, 1.54) is 0 Å². The van der Waals surface area contributed by atoms with Crippen LogP contribution >= 0.6 is 0 Å². The molecule has 2 heterocycles. The molecule has 1 amide bonds. The fraction of sp³-hybridized carbons (Fsp3) is 0.559. The van der Waals surface area contributed by atoms with E-state index < -0.39 is 58.7 Å². The van der Waals surface area contributed by atoms with Gasteiger partial charge in [-0.25, -0.2) is 0 Å². The number of phenolic OH excluding ortho intramolecular Hbond substituents is 1. The zero-order chi connectivity index (χ0) is 34.8. The van der Waals surface area contributed by atoms with Crippen LogP contribution in [0.5, 0.6) is 5.75 Å². The summed E-state index contributed by atoms with van der Waals surface area (Å²) in [4.78, 5) is 48.2. The van der Waals surface area contributed by atoms with Crippen molar-refractivity contribution in [2.75, 3.05) is 72.4 Å². The van der Waals surface area contributed by atoms with Crippen molar-refractivity contribution in [1.29, 1.82) is 0 Å². The minimum atomic E-state index is -2.65. The molecule has 2 fully saturated rings. The summed E-state index contributed by atoms with van der Waals surface area (Å²) in [7, 11) is 6.89. The first-order valence-electron chi connectivity index (χ1n) is 16.3. The number of benzene rings is 1. The van der Waals surface area contributed by atoms with Gasteiger partial charge in [0.2, 0.25) is 5.91 Å². The van der Waals surface area contributed by atoms with E-state index in [0.717, 1.165) is 26.2 Å². The summed E-state index contributed by atoms with van der Waals surface area (Å²) < 4.78 is 6.19. The Balaban J connectivity index is 1.39. The van der Waals surface area contributed by atoms with Crippen molar-refractivity contribution in [2.45, 2.75) is 37.1 Å². The summed E-state index contributed by atoms with van der Waals surface area (Å²) in [6.45, 7) is 4.59. The molecule has 0 spiro atoms. The predicted octanol–water partition coefficient (Wildman–Crippen LogP) is -0.278. The van der Waals surface area contributed by atoms with Gasteiger partial charge in [0, 0.05) is 70.0 Å². The number of Topliss-reactive ketones (excluding diaryl/α,β-unsaturated/α-hetero) is 2. The van der Waals surface area contributed by atoms with Gasteiger partial charge in [-0.15, -0.1) is 0 Å². The van der Waals surface area contributed by atoms with E-state index in [1.807, 2.05) is 25.1 Å². The Bertz CT molecular complexity index is 1660. The van der Waals surface area contributed by atoms with Crippen LogP contribution in [-0.4, -0.2) is 143 Å². The molecule has 14 heteroatoms. The number of aliphatic hydroxyl groups is 4. The first kappa shape index (κ1) is 34.1. The van der Waals surface area contributed by atoms with Crippen LogP contribution in [0, 0.1) is 17.8 Å². The number of hydrogen-bond donors (Lipinski definition) is 6. The molecule has 7 N–H and O–H groups in total. The fourth-order valence-electron chi connectivity index (χ4n) is 8.38. The Morgan fingerprint density at radius 1 is 1.08 bits per heavy atom.